The van der Waals surface area contributed by atoms with E-state index in [4.69, 9.17) is 14.2 Å². The number of hydrogen-bond donors (Lipinski definition) is 0. The molecule has 115 valence electrons. The van der Waals surface area contributed by atoms with Crippen LogP contribution in [-0.2, 0) is 14.2 Å². The summed E-state index contributed by atoms with van der Waals surface area (Å²) in [4.78, 5) is 0. The summed E-state index contributed by atoms with van der Waals surface area (Å²) in [6.07, 6.45) is 8.50. The Morgan fingerprint density at radius 1 is 1.30 bits per heavy atom. The van der Waals surface area contributed by atoms with Gasteiger partial charge in [-0.1, -0.05) is 6.92 Å². The van der Waals surface area contributed by atoms with Crippen LogP contribution in [0.1, 0.15) is 45.4 Å². The first-order valence-electron chi connectivity index (χ1n) is 8.36. The number of rotatable bonds is 8. The smallest absolute Gasteiger partial charge is 0.0844 e. The second-order valence-corrected chi connectivity index (χ2v) is 7.09. The summed E-state index contributed by atoms with van der Waals surface area (Å²) in [5.74, 6) is 1.36. The van der Waals surface area contributed by atoms with Crippen LogP contribution in [-0.4, -0.2) is 38.6 Å². The highest BCUT2D eigenvalue weighted by Crippen LogP contribution is 2.42. The Bertz CT molecular complexity index is 308. The van der Waals surface area contributed by atoms with Crippen molar-refractivity contribution in [3.63, 3.8) is 0 Å². The third-order valence-electron chi connectivity index (χ3n) is 5.55. The van der Waals surface area contributed by atoms with Gasteiger partial charge < -0.3 is 14.2 Å². The Hall–Kier alpha value is -0.120. The lowest BCUT2D eigenvalue weighted by molar-refractivity contribution is -0.150. The normalized spacial score (nSPS) is 36.0. The number of epoxide rings is 1. The predicted octanol–water partition coefficient (Wildman–Crippen LogP) is 3.23. The fraction of sp³-hybridized carbons (Fsp3) is 0.941. The minimum Gasteiger partial charge on any atom is -0.381 e. The van der Waals surface area contributed by atoms with Gasteiger partial charge in [0.15, 0.2) is 0 Å². The van der Waals surface area contributed by atoms with E-state index in [-0.39, 0.29) is 0 Å². The monoisotopic (exact) mass is 281 g/mol. The van der Waals surface area contributed by atoms with Gasteiger partial charge in [0.1, 0.15) is 0 Å². The molecule has 3 fully saturated rings. The highest BCUT2D eigenvalue weighted by molar-refractivity contribution is 4.94. The van der Waals surface area contributed by atoms with Crippen molar-refractivity contribution < 1.29 is 14.2 Å². The highest BCUT2D eigenvalue weighted by Gasteiger charge is 2.44. The first kappa shape index (κ1) is 14.8. The fourth-order valence-electron chi connectivity index (χ4n) is 3.62. The van der Waals surface area contributed by atoms with E-state index in [2.05, 4.69) is 13.8 Å². The molecule has 1 radical (unpaired) electrons. The topological polar surface area (TPSA) is 31.0 Å². The predicted molar refractivity (Wildman–Crippen MR) is 78.4 cm³/mol. The third kappa shape index (κ3) is 3.37. The van der Waals surface area contributed by atoms with Gasteiger partial charge in [-0.05, 0) is 57.3 Å². The summed E-state index contributed by atoms with van der Waals surface area (Å²) >= 11 is 0. The first-order valence-corrected chi connectivity index (χ1v) is 8.36. The van der Waals surface area contributed by atoms with Crippen LogP contribution in [0.3, 0.4) is 0 Å². The third-order valence-corrected chi connectivity index (χ3v) is 5.55. The molecule has 4 unspecified atom stereocenters. The maximum absolute atomic E-state index is 5.87. The van der Waals surface area contributed by atoms with E-state index in [1.807, 2.05) is 0 Å². The first-order chi connectivity index (χ1) is 9.72. The van der Waals surface area contributed by atoms with Crippen molar-refractivity contribution in [2.24, 2.45) is 17.3 Å². The van der Waals surface area contributed by atoms with Crippen molar-refractivity contribution in [1.29, 1.82) is 0 Å². The van der Waals surface area contributed by atoms with Gasteiger partial charge in [-0.25, -0.2) is 0 Å². The Balaban J connectivity index is 1.26. The average Bonchev–Trinajstić information content (AvgIpc) is 3.19. The second-order valence-electron chi connectivity index (χ2n) is 7.09. The van der Waals surface area contributed by atoms with Crippen LogP contribution in [0.2, 0.25) is 0 Å². The van der Waals surface area contributed by atoms with Crippen LogP contribution in [0, 0.1) is 24.2 Å². The van der Waals surface area contributed by atoms with E-state index in [1.54, 1.807) is 0 Å². The molecule has 3 heteroatoms. The zero-order valence-corrected chi connectivity index (χ0v) is 12.8. The molecule has 0 N–H and O–H groups in total. The summed E-state index contributed by atoms with van der Waals surface area (Å²) in [6.45, 7) is 10.1. The minimum atomic E-state index is 0.325. The molecular formula is C17H29O3. The van der Waals surface area contributed by atoms with Gasteiger partial charge in [-0.15, -0.1) is 0 Å². The average molecular weight is 281 g/mol. The molecule has 3 rings (SSSR count). The van der Waals surface area contributed by atoms with E-state index < -0.39 is 0 Å². The molecule has 0 aromatic rings. The molecule has 2 aliphatic heterocycles. The largest absolute Gasteiger partial charge is 0.381 e. The van der Waals surface area contributed by atoms with Crippen LogP contribution in [0.25, 0.3) is 0 Å². The van der Waals surface area contributed by atoms with Crippen LogP contribution < -0.4 is 0 Å². The van der Waals surface area contributed by atoms with Gasteiger partial charge in [-0.3, -0.25) is 0 Å². The maximum atomic E-state index is 5.87. The van der Waals surface area contributed by atoms with Crippen molar-refractivity contribution in [2.75, 3.05) is 26.4 Å². The molecule has 0 bridgehead atoms. The van der Waals surface area contributed by atoms with Gasteiger partial charge in [0.25, 0.3) is 0 Å². The van der Waals surface area contributed by atoms with Gasteiger partial charge in [-0.2, -0.15) is 0 Å². The molecule has 3 nitrogen and oxygen atoms in total. The SMILES string of the molecule is [CH2]C(CCCOCC1(CC)COC1)C1CCC2OC2C1. The molecule has 0 aromatic heterocycles. The Morgan fingerprint density at radius 3 is 2.80 bits per heavy atom. The van der Waals surface area contributed by atoms with Crippen LogP contribution in [0.5, 0.6) is 0 Å². The molecule has 3 aliphatic rings. The molecule has 2 heterocycles. The van der Waals surface area contributed by atoms with E-state index >= 15 is 0 Å². The molecule has 1 aliphatic carbocycles. The zero-order valence-electron chi connectivity index (χ0n) is 12.8. The van der Waals surface area contributed by atoms with Gasteiger partial charge in [0, 0.05) is 12.0 Å². The highest BCUT2D eigenvalue weighted by atomic mass is 16.6. The fourth-order valence-corrected chi connectivity index (χ4v) is 3.62. The van der Waals surface area contributed by atoms with Crippen LogP contribution >= 0.6 is 0 Å². The van der Waals surface area contributed by atoms with Gasteiger partial charge in [0.2, 0.25) is 0 Å². The number of fused-ring (bicyclic) bond motifs is 1. The standard InChI is InChI=1S/C17H29O3/c1-3-17(11-19-12-17)10-18-8-4-5-13(2)14-6-7-15-16(9-14)20-15/h13-16H,2-12H2,1H3. The van der Waals surface area contributed by atoms with Crippen molar-refractivity contribution in [3.05, 3.63) is 6.92 Å². The summed E-state index contributed by atoms with van der Waals surface area (Å²) in [5, 5.41) is 0. The summed E-state index contributed by atoms with van der Waals surface area (Å²) in [5.41, 5.74) is 0.325. The maximum Gasteiger partial charge on any atom is 0.0844 e. The molecule has 0 spiro atoms. The lowest BCUT2D eigenvalue weighted by Crippen LogP contribution is -2.45. The van der Waals surface area contributed by atoms with Crippen molar-refractivity contribution in [2.45, 2.75) is 57.7 Å². The Morgan fingerprint density at radius 2 is 2.15 bits per heavy atom. The summed E-state index contributed by atoms with van der Waals surface area (Å²) < 4.78 is 16.8. The molecular weight excluding hydrogens is 252 g/mol. The van der Waals surface area contributed by atoms with E-state index in [9.17, 15) is 0 Å². The van der Waals surface area contributed by atoms with E-state index in [1.165, 1.54) is 25.7 Å². The molecule has 0 amide bonds. The van der Waals surface area contributed by atoms with Crippen LogP contribution in [0.15, 0.2) is 0 Å². The van der Waals surface area contributed by atoms with Crippen molar-refractivity contribution in [3.8, 4) is 0 Å². The Labute approximate surface area is 123 Å². The number of hydrogen-bond acceptors (Lipinski definition) is 3. The van der Waals surface area contributed by atoms with E-state index in [0.29, 0.717) is 23.5 Å². The molecule has 0 aromatic carbocycles. The zero-order chi connectivity index (χ0) is 14.0. The second kappa shape index (κ2) is 6.33. The van der Waals surface area contributed by atoms with Crippen molar-refractivity contribution >= 4 is 0 Å². The molecule has 1 saturated carbocycles. The van der Waals surface area contributed by atoms with Gasteiger partial charge >= 0.3 is 0 Å². The minimum absolute atomic E-state index is 0.325. The lowest BCUT2D eigenvalue weighted by Gasteiger charge is -2.40. The van der Waals surface area contributed by atoms with Crippen molar-refractivity contribution in [1.82, 2.24) is 0 Å². The summed E-state index contributed by atoms with van der Waals surface area (Å²) in [7, 11) is 0. The molecule has 20 heavy (non-hydrogen) atoms. The number of ether oxygens (including phenoxy) is 3. The molecule has 4 atom stereocenters. The quantitative estimate of drug-likeness (QED) is 0.505. The van der Waals surface area contributed by atoms with Crippen LogP contribution in [0.4, 0.5) is 0 Å². The van der Waals surface area contributed by atoms with Gasteiger partial charge in [0.05, 0.1) is 32.0 Å². The summed E-state index contributed by atoms with van der Waals surface area (Å²) in [6, 6.07) is 0. The Kier molecular flexibility index (Phi) is 4.68. The molecule has 2 saturated heterocycles. The lowest BCUT2D eigenvalue weighted by atomic mass is 9.79. The van der Waals surface area contributed by atoms with E-state index in [0.717, 1.165) is 45.2 Å².